The number of hydrogen-bond donors (Lipinski definition) is 7. The van der Waals surface area contributed by atoms with Crippen molar-refractivity contribution >= 4 is 35.5 Å². The predicted molar refractivity (Wildman–Crippen MR) is 104 cm³/mol. The van der Waals surface area contributed by atoms with Crippen molar-refractivity contribution in [3.05, 3.63) is 0 Å². The summed E-state index contributed by atoms with van der Waals surface area (Å²) in [6, 6.07) is -3.48. The number of hydrogen-bond acceptors (Lipinski definition) is 7. The fourth-order valence-electron chi connectivity index (χ4n) is 2.29. The number of carbonyl (C=O) groups excluding carboxylic acids is 5. The average Bonchev–Trinajstić information content (AvgIpc) is 2.64. The van der Waals surface area contributed by atoms with Gasteiger partial charge in [0, 0.05) is 12.8 Å². The molecule has 3 unspecified atom stereocenters. The fourth-order valence-corrected chi connectivity index (χ4v) is 2.29. The molecule has 13 heteroatoms. The molecule has 0 rings (SSSR count). The van der Waals surface area contributed by atoms with E-state index in [9.17, 15) is 33.9 Å². The van der Waals surface area contributed by atoms with Crippen LogP contribution in [0.5, 0.6) is 0 Å². The number of aliphatic carboxylic acids is 1. The molecular weight excluding hydrogens is 400 g/mol. The van der Waals surface area contributed by atoms with E-state index in [1.54, 1.807) is 13.8 Å². The standard InChI is InChI=1S/C17H30N6O7/c1-8(2)14(16(28)22-10(17(29)30)4-6-12(20)25)23-13(26)7-21-15(27)9(18)3-5-11(19)24/h8-10,14H,3-7,18H2,1-2H3,(H2,19,24)(H2,20,25)(H,21,27)(H,22,28)(H,23,26)(H,29,30). The van der Waals surface area contributed by atoms with Gasteiger partial charge in [-0.05, 0) is 18.8 Å². The lowest BCUT2D eigenvalue weighted by Gasteiger charge is -2.24. The summed E-state index contributed by atoms with van der Waals surface area (Å²) in [7, 11) is 0. The van der Waals surface area contributed by atoms with Crippen LogP contribution in [-0.2, 0) is 28.8 Å². The van der Waals surface area contributed by atoms with Gasteiger partial charge in [0.05, 0.1) is 12.6 Å². The Morgan fingerprint density at radius 2 is 1.40 bits per heavy atom. The van der Waals surface area contributed by atoms with Gasteiger partial charge in [-0.2, -0.15) is 0 Å². The van der Waals surface area contributed by atoms with Crippen LogP contribution in [0.1, 0.15) is 39.5 Å². The summed E-state index contributed by atoms with van der Waals surface area (Å²) in [5, 5.41) is 16.1. The highest BCUT2D eigenvalue weighted by Gasteiger charge is 2.29. The maximum atomic E-state index is 12.4. The van der Waals surface area contributed by atoms with E-state index >= 15 is 0 Å². The summed E-state index contributed by atoms with van der Waals surface area (Å²) in [6.45, 7) is 2.77. The van der Waals surface area contributed by atoms with Crippen molar-refractivity contribution in [2.75, 3.05) is 6.54 Å². The van der Waals surface area contributed by atoms with Gasteiger partial charge in [-0.15, -0.1) is 0 Å². The highest BCUT2D eigenvalue weighted by molar-refractivity contribution is 5.92. The van der Waals surface area contributed by atoms with Gasteiger partial charge in [-0.25, -0.2) is 4.79 Å². The summed E-state index contributed by atoms with van der Waals surface area (Å²) in [6.07, 6.45) is -0.509. The van der Waals surface area contributed by atoms with Crippen LogP contribution in [-0.4, -0.2) is 65.3 Å². The van der Waals surface area contributed by atoms with Gasteiger partial charge >= 0.3 is 5.97 Å². The molecule has 3 atom stereocenters. The number of carboxylic acids is 1. The average molecular weight is 430 g/mol. The third-order valence-corrected chi connectivity index (χ3v) is 4.02. The summed E-state index contributed by atoms with van der Waals surface area (Å²) < 4.78 is 0. The fraction of sp³-hybridized carbons (Fsp3) is 0.647. The molecule has 0 aliphatic carbocycles. The molecule has 0 radical (unpaired) electrons. The lowest BCUT2D eigenvalue weighted by atomic mass is 10.0. The number of rotatable bonds is 14. The second-order valence-corrected chi connectivity index (χ2v) is 7.02. The minimum Gasteiger partial charge on any atom is -0.480 e. The Hall–Kier alpha value is -3.22. The summed E-state index contributed by atoms with van der Waals surface area (Å²) in [5.41, 5.74) is 15.5. The summed E-state index contributed by atoms with van der Waals surface area (Å²) >= 11 is 0. The van der Waals surface area contributed by atoms with E-state index in [0.29, 0.717) is 0 Å². The SMILES string of the molecule is CC(C)C(NC(=O)CNC(=O)C(N)CCC(N)=O)C(=O)NC(CCC(N)=O)C(=O)O. The highest BCUT2D eigenvalue weighted by atomic mass is 16.4. The Kier molecular flexibility index (Phi) is 11.7. The second kappa shape index (κ2) is 13.1. The van der Waals surface area contributed by atoms with Crippen molar-refractivity contribution in [1.82, 2.24) is 16.0 Å². The molecule has 0 aromatic heterocycles. The lowest BCUT2D eigenvalue weighted by molar-refractivity contribution is -0.142. The largest absolute Gasteiger partial charge is 0.480 e. The van der Waals surface area contributed by atoms with Crippen LogP contribution in [0, 0.1) is 5.92 Å². The topological polar surface area (TPSA) is 237 Å². The molecule has 0 saturated carbocycles. The van der Waals surface area contributed by atoms with Gasteiger partial charge in [0.2, 0.25) is 29.5 Å². The van der Waals surface area contributed by atoms with Crippen LogP contribution in [0.3, 0.4) is 0 Å². The molecule has 0 aliphatic rings. The zero-order valence-corrected chi connectivity index (χ0v) is 17.0. The maximum Gasteiger partial charge on any atom is 0.326 e. The van der Waals surface area contributed by atoms with Crippen molar-refractivity contribution in [3.63, 3.8) is 0 Å². The van der Waals surface area contributed by atoms with Crippen LogP contribution in [0.15, 0.2) is 0 Å². The smallest absolute Gasteiger partial charge is 0.326 e. The second-order valence-electron chi connectivity index (χ2n) is 7.02. The molecule has 0 heterocycles. The molecule has 5 amide bonds. The van der Waals surface area contributed by atoms with E-state index < -0.39 is 66.1 Å². The summed E-state index contributed by atoms with van der Waals surface area (Å²) in [4.78, 5) is 69.1. The first-order chi connectivity index (χ1) is 13.8. The van der Waals surface area contributed by atoms with Crippen molar-refractivity contribution in [3.8, 4) is 0 Å². The van der Waals surface area contributed by atoms with E-state index in [0.717, 1.165) is 0 Å². The van der Waals surface area contributed by atoms with Gasteiger partial charge in [0.1, 0.15) is 12.1 Å². The third kappa shape index (κ3) is 10.9. The van der Waals surface area contributed by atoms with Crippen LogP contribution in [0.4, 0.5) is 0 Å². The molecule has 0 saturated heterocycles. The first kappa shape index (κ1) is 26.8. The molecular formula is C17H30N6O7. The molecule has 0 aliphatic heterocycles. The molecule has 0 bridgehead atoms. The molecule has 170 valence electrons. The Morgan fingerprint density at radius 3 is 1.87 bits per heavy atom. The van der Waals surface area contributed by atoms with E-state index in [1.165, 1.54) is 0 Å². The van der Waals surface area contributed by atoms with Gasteiger partial charge < -0.3 is 38.3 Å². The van der Waals surface area contributed by atoms with Crippen molar-refractivity contribution < 1.29 is 33.9 Å². The van der Waals surface area contributed by atoms with Crippen LogP contribution < -0.4 is 33.2 Å². The summed E-state index contributed by atoms with van der Waals surface area (Å²) in [5.74, 6) is -5.23. The zero-order chi connectivity index (χ0) is 23.4. The van der Waals surface area contributed by atoms with Crippen LogP contribution in [0.25, 0.3) is 0 Å². The minimum atomic E-state index is -1.36. The van der Waals surface area contributed by atoms with Crippen LogP contribution >= 0.6 is 0 Å². The first-order valence-corrected chi connectivity index (χ1v) is 9.27. The van der Waals surface area contributed by atoms with Gasteiger partial charge in [-0.1, -0.05) is 13.8 Å². The quantitative estimate of drug-likeness (QED) is 0.147. The van der Waals surface area contributed by atoms with Gasteiger partial charge in [0.25, 0.3) is 0 Å². The zero-order valence-electron chi connectivity index (χ0n) is 17.0. The molecule has 13 nitrogen and oxygen atoms in total. The Balaban J connectivity index is 4.78. The normalized spacial score (nSPS) is 13.6. The van der Waals surface area contributed by atoms with E-state index in [1.807, 2.05) is 0 Å². The Bertz CT molecular complexity index is 667. The van der Waals surface area contributed by atoms with Crippen molar-refractivity contribution in [1.29, 1.82) is 0 Å². The molecule has 10 N–H and O–H groups in total. The molecule has 0 aromatic carbocycles. The molecule has 0 spiro atoms. The molecule has 0 aromatic rings. The number of amides is 5. The Morgan fingerprint density at radius 1 is 0.867 bits per heavy atom. The van der Waals surface area contributed by atoms with Gasteiger partial charge in [-0.3, -0.25) is 24.0 Å². The number of nitrogens with one attached hydrogen (secondary N) is 3. The van der Waals surface area contributed by atoms with E-state index in [2.05, 4.69) is 16.0 Å². The van der Waals surface area contributed by atoms with Gasteiger partial charge in [0.15, 0.2) is 0 Å². The highest BCUT2D eigenvalue weighted by Crippen LogP contribution is 2.05. The molecule has 30 heavy (non-hydrogen) atoms. The number of primary amides is 2. The number of nitrogens with two attached hydrogens (primary N) is 3. The lowest BCUT2D eigenvalue weighted by Crippen LogP contribution is -2.55. The Labute approximate surface area is 173 Å². The number of carbonyl (C=O) groups is 6. The molecule has 0 fully saturated rings. The minimum absolute atomic E-state index is 0.0156. The monoisotopic (exact) mass is 430 g/mol. The van der Waals surface area contributed by atoms with E-state index in [-0.39, 0.29) is 25.7 Å². The van der Waals surface area contributed by atoms with Crippen molar-refractivity contribution in [2.24, 2.45) is 23.1 Å². The van der Waals surface area contributed by atoms with Crippen molar-refractivity contribution in [2.45, 2.75) is 57.7 Å². The first-order valence-electron chi connectivity index (χ1n) is 9.27. The third-order valence-electron chi connectivity index (χ3n) is 4.02. The van der Waals surface area contributed by atoms with E-state index in [4.69, 9.17) is 17.2 Å². The van der Waals surface area contributed by atoms with Crippen LogP contribution in [0.2, 0.25) is 0 Å². The maximum absolute atomic E-state index is 12.4. The predicted octanol–water partition coefficient (Wildman–Crippen LogP) is -3.33. The number of carboxylic acid groups (broad SMARTS) is 1.